The van der Waals surface area contributed by atoms with Gasteiger partial charge in [-0.1, -0.05) is 0 Å². The topological polar surface area (TPSA) is 77.1 Å². The largest absolute Gasteiger partial charge is 0.477 e. The molecular weight excluding hydrogens is 338 g/mol. The summed E-state index contributed by atoms with van der Waals surface area (Å²) in [4.78, 5) is 17.3. The number of allylic oxidation sites excluding steroid dienone is 1. The fourth-order valence-corrected chi connectivity index (χ4v) is 1.59. The molecule has 0 fully saturated rings. The fourth-order valence-electron chi connectivity index (χ4n) is 1.30. The Morgan fingerprint density at radius 3 is 2.38 bits per heavy atom. The highest BCUT2D eigenvalue weighted by atomic mass is 79.9. The number of rotatable bonds is 5. The van der Waals surface area contributed by atoms with E-state index in [-0.39, 0.29) is 6.09 Å². The summed E-state index contributed by atoms with van der Waals surface area (Å²) in [7, 11) is 3.33. The van der Waals surface area contributed by atoms with Crippen molar-refractivity contribution in [2.24, 2.45) is 10.7 Å². The van der Waals surface area contributed by atoms with Crippen molar-refractivity contribution in [3.8, 4) is 0 Å². The van der Waals surface area contributed by atoms with E-state index >= 15 is 0 Å². The molecular formula is C14H26BrN3O3. The van der Waals surface area contributed by atoms with Gasteiger partial charge in [0.05, 0.1) is 11.1 Å². The highest BCUT2D eigenvalue weighted by molar-refractivity contribution is 9.12. The third-order valence-electron chi connectivity index (χ3n) is 2.32. The molecule has 0 aromatic carbocycles. The SMILES string of the molecule is CN=C(OCCCN(C)C(=O)OC(C)(C)C)C(Br)=C(C)N. The first-order chi connectivity index (χ1) is 9.58. The predicted molar refractivity (Wildman–Crippen MR) is 88.6 cm³/mol. The lowest BCUT2D eigenvalue weighted by Gasteiger charge is -2.24. The van der Waals surface area contributed by atoms with E-state index < -0.39 is 5.60 Å². The monoisotopic (exact) mass is 363 g/mol. The van der Waals surface area contributed by atoms with Crippen LogP contribution in [0.1, 0.15) is 34.1 Å². The molecule has 2 N–H and O–H groups in total. The van der Waals surface area contributed by atoms with Gasteiger partial charge in [0, 0.05) is 26.3 Å². The molecule has 0 atom stereocenters. The third-order valence-corrected chi connectivity index (χ3v) is 3.28. The number of halogens is 1. The molecule has 0 aromatic heterocycles. The van der Waals surface area contributed by atoms with Gasteiger partial charge in [-0.25, -0.2) is 4.79 Å². The molecule has 6 nitrogen and oxygen atoms in total. The Balaban J connectivity index is 4.16. The molecule has 0 saturated carbocycles. The number of ether oxygens (including phenoxy) is 2. The van der Waals surface area contributed by atoms with Crippen molar-refractivity contribution in [3.05, 3.63) is 10.2 Å². The number of aliphatic imine (C=N–C) groups is 1. The second-order valence-corrected chi connectivity index (χ2v) is 6.42. The zero-order chi connectivity index (χ0) is 16.6. The Morgan fingerprint density at radius 1 is 1.38 bits per heavy atom. The summed E-state index contributed by atoms with van der Waals surface area (Å²) in [5, 5.41) is 0. The number of nitrogens with zero attached hydrogens (tertiary/aromatic N) is 2. The van der Waals surface area contributed by atoms with Gasteiger partial charge < -0.3 is 20.1 Å². The number of hydrogen-bond donors (Lipinski definition) is 1. The Morgan fingerprint density at radius 2 is 1.95 bits per heavy atom. The maximum absolute atomic E-state index is 11.7. The molecule has 21 heavy (non-hydrogen) atoms. The first-order valence-corrected chi connectivity index (χ1v) is 7.53. The van der Waals surface area contributed by atoms with E-state index in [0.717, 1.165) is 0 Å². The molecule has 0 unspecified atom stereocenters. The van der Waals surface area contributed by atoms with Crippen molar-refractivity contribution in [1.29, 1.82) is 0 Å². The van der Waals surface area contributed by atoms with Crippen LogP contribution in [0.5, 0.6) is 0 Å². The lowest BCUT2D eigenvalue weighted by Crippen LogP contribution is -2.35. The average Bonchev–Trinajstić information content (AvgIpc) is 2.35. The molecule has 1 amide bonds. The van der Waals surface area contributed by atoms with Crippen molar-refractivity contribution in [3.63, 3.8) is 0 Å². The van der Waals surface area contributed by atoms with Crippen LogP contribution in [0.25, 0.3) is 0 Å². The summed E-state index contributed by atoms with van der Waals surface area (Å²) in [6.07, 6.45) is 0.323. The smallest absolute Gasteiger partial charge is 0.410 e. The van der Waals surface area contributed by atoms with Gasteiger partial charge in [0.25, 0.3) is 0 Å². The molecule has 0 bridgehead atoms. The van der Waals surface area contributed by atoms with E-state index in [2.05, 4.69) is 20.9 Å². The normalized spacial score (nSPS) is 13.6. The molecule has 0 spiro atoms. The van der Waals surface area contributed by atoms with E-state index in [0.29, 0.717) is 35.6 Å². The van der Waals surface area contributed by atoms with Crippen LogP contribution in [0.4, 0.5) is 4.79 Å². The van der Waals surface area contributed by atoms with Crippen LogP contribution >= 0.6 is 15.9 Å². The predicted octanol–water partition coefficient (Wildman–Crippen LogP) is 2.87. The van der Waals surface area contributed by atoms with Crippen molar-refractivity contribution in [2.45, 2.75) is 39.7 Å². The van der Waals surface area contributed by atoms with Gasteiger partial charge in [0.1, 0.15) is 5.60 Å². The van der Waals surface area contributed by atoms with E-state index in [4.69, 9.17) is 15.2 Å². The van der Waals surface area contributed by atoms with Crippen molar-refractivity contribution in [1.82, 2.24) is 4.90 Å². The highest BCUT2D eigenvalue weighted by Gasteiger charge is 2.19. The zero-order valence-corrected chi connectivity index (χ0v) is 15.3. The standard InChI is InChI=1S/C14H26BrN3O3/c1-10(16)11(15)12(17-5)20-9-7-8-18(6)13(19)21-14(2,3)4/h7-9,16H2,1-6H3. The fraction of sp³-hybridized carbons (Fsp3) is 0.714. The van der Waals surface area contributed by atoms with Gasteiger partial charge in [-0.05, 0) is 50.0 Å². The Bertz CT molecular complexity index is 410. The highest BCUT2D eigenvalue weighted by Crippen LogP contribution is 2.12. The van der Waals surface area contributed by atoms with E-state index in [1.807, 2.05) is 20.8 Å². The summed E-state index contributed by atoms with van der Waals surface area (Å²) < 4.78 is 11.4. The van der Waals surface area contributed by atoms with Crippen molar-refractivity contribution >= 4 is 27.9 Å². The minimum absolute atomic E-state index is 0.342. The second-order valence-electron chi connectivity index (χ2n) is 5.63. The van der Waals surface area contributed by atoms with Crippen LogP contribution in [0.15, 0.2) is 15.2 Å². The molecule has 0 radical (unpaired) electrons. The van der Waals surface area contributed by atoms with Crippen LogP contribution in [0, 0.1) is 0 Å². The van der Waals surface area contributed by atoms with E-state index in [1.165, 1.54) is 4.90 Å². The maximum atomic E-state index is 11.7. The van der Waals surface area contributed by atoms with Gasteiger partial charge in [-0.15, -0.1) is 0 Å². The number of nitrogens with two attached hydrogens (primary N) is 1. The number of carbonyl (C=O) groups is 1. The number of hydrogen-bond acceptors (Lipinski definition) is 5. The van der Waals surface area contributed by atoms with Gasteiger partial charge in [-0.3, -0.25) is 4.99 Å². The molecule has 7 heteroatoms. The molecule has 0 aromatic rings. The molecule has 0 aliphatic heterocycles. The van der Waals surface area contributed by atoms with Crippen LogP contribution in [-0.4, -0.2) is 49.7 Å². The van der Waals surface area contributed by atoms with Gasteiger partial charge in [0.2, 0.25) is 5.90 Å². The van der Waals surface area contributed by atoms with Crippen LogP contribution in [0.3, 0.4) is 0 Å². The van der Waals surface area contributed by atoms with Crippen LogP contribution in [0.2, 0.25) is 0 Å². The molecule has 0 rings (SSSR count). The lowest BCUT2D eigenvalue weighted by molar-refractivity contribution is 0.0291. The van der Waals surface area contributed by atoms with E-state index in [9.17, 15) is 4.79 Å². The first-order valence-electron chi connectivity index (χ1n) is 6.74. The van der Waals surface area contributed by atoms with Gasteiger partial charge >= 0.3 is 6.09 Å². The second kappa shape index (κ2) is 8.92. The zero-order valence-electron chi connectivity index (χ0n) is 13.7. The molecule has 122 valence electrons. The summed E-state index contributed by atoms with van der Waals surface area (Å²) in [6.45, 7) is 8.24. The van der Waals surface area contributed by atoms with E-state index in [1.54, 1.807) is 21.0 Å². The minimum atomic E-state index is -0.488. The summed E-state index contributed by atoms with van der Waals surface area (Å²) >= 11 is 3.32. The molecule has 0 aliphatic rings. The lowest BCUT2D eigenvalue weighted by atomic mass is 10.2. The average molecular weight is 364 g/mol. The Labute approximate surface area is 135 Å². The van der Waals surface area contributed by atoms with Crippen molar-refractivity contribution < 1.29 is 14.3 Å². The van der Waals surface area contributed by atoms with Crippen LogP contribution < -0.4 is 5.73 Å². The summed E-state index contributed by atoms with van der Waals surface area (Å²) in [5.74, 6) is 0.454. The quantitative estimate of drug-likeness (QED) is 0.462. The number of carbonyl (C=O) groups excluding carboxylic acids is 1. The Kier molecular flexibility index (Phi) is 8.39. The minimum Gasteiger partial charge on any atom is -0.477 e. The maximum Gasteiger partial charge on any atom is 0.410 e. The van der Waals surface area contributed by atoms with Crippen LogP contribution in [-0.2, 0) is 9.47 Å². The van der Waals surface area contributed by atoms with Gasteiger partial charge in [-0.2, -0.15) is 0 Å². The third kappa shape index (κ3) is 8.60. The Hall–Kier alpha value is -1.24. The first kappa shape index (κ1) is 19.8. The molecule has 0 aliphatic carbocycles. The number of amides is 1. The summed E-state index contributed by atoms with van der Waals surface area (Å²) in [5.41, 5.74) is 5.78. The molecule has 0 saturated heterocycles. The van der Waals surface area contributed by atoms with Gasteiger partial charge in [0.15, 0.2) is 0 Å². The van der Waals surface area contributed by atoms with Crippen molar-refractivity contribution in [2.75, 3.05) is 27.2 Å². The molecule has 0 heterocycles. The summed E-state index contributed by atoms with van der Waals surface area (Å²) in [6, 6.07) is 0.